The maximum Gasteiger partial charge on any atom is 0.131 e. The number of thiazole rings is 1. The van der Waals surface area contributed by atoms with E-state index >= 15 is 0 Å². The summed E-state index contributed by atoms with van der Waals surface area (Å²) in [5.74, 6) is 2.89. The normalized spacial score (nSPS) is 12.2. The summed E-state index contributed by atoms with van der Waals surface area (Å²) in [7, 11) is 0. The van der Waals surface area contributed by atoms with E-state index in [1.807, 2.05) is 24.6 Å². The molecular weight excluding hydrogens is 270 g/mol. The second-order valence-electron chi connectivity index (χ2n) is 4.76. The van der Waals surface area contributed by atoms with E-state index in [-0.39, 0.29) is 0 Å². The average molecular weight is 291 g/mol. The van der Waals surface area contributed by atoms with Crippen LogP contribution >= 0.6 is 11.3 Å². The van der Waals surface area contributed by atoms with Crippen LogP contribution in [0.2, 0.25) is 0 Å². The van der Waals surface area contributed by atoms with Crippen molar-refractivity contribution >= 4 is 23.0 Å². The van der Waals surface area contributed by atoms with Gasteiger partial charge in [-0.3, -0.25) is 0 Å². The first-order valence-electron chi connectivity index (χ1n) is 6.92. The highest BCUT2D eigenvalue weighted by molar-refractivity contribution is 7.09. The molecular formula is C14H21N5S. The molecule has 2 N–H and O–H groups in total. The Morgan fingerprint density at radius 2 is 2.00 bits per heavy atom. The van der Waals surface area contributed by atoms with Crippen LogP contribution in [0.1, 0.15) is 37.0 Å². The number of nitrogens with zero attached hydrogens (tertiary/aromatic N) is 3. The summed E-state index contributed by atoms with van der Waals surface area (Å²) in [6.07, 6.45) is 2.92. The number of hydrogen-bond donors (Lipinski definition) is 2. The molecule has 0 radical (unpaired) electrons. The fraction of sp³-hybridized carbons (Fsp3) is 0.500. The molecule has 108 valence electrons. The van der Waals surface area contributed by atoms with E-state index in [1.54, 1.807) is 11.3 Å². The van der Waals surface area contributed by atoms with Crippen molar-refractivity contribution in [2.45, 2.75) is 33.1 Å². The van der Waals surface area contributed by atoms with Gasteiger partial charge in [-0.2, -0.15) is 0 Å². The molecule has 1 atom stereocenters. The van der Waals surface area contributed by atoms with Crippen molar-refractivity contribution in [3.63, 3.8) is 0 Å². The van der Waals surface area contributed by atoms with Crippen LogP contribution in [0.25, 0.3) is 0 Å². The molecule has 2 rings (SSSR count). The van der Waals surface area contributed by atoms with Crippen LogP contribution in [-0.2, 0) is 0 Å². The molecule has 0 aliphatic heterocycles. The monoisotopic (exact) mass is 291 g/mol. The fourth-order valence-corrected chi connectivity index (χ4v) is 2.52. The predicted molar refractivity (Wildman–Crippen MR) is 84.6 cm³/mol. The summed E-state index contributed by atoms with van der Waals surface area (Å²) in [4.78, 5) is 13.1. The highest BCUT2D eigenvalue weighted by Gasteiger charge is 2.09. The minimum absolute atomic E-state index is 0.373. The molecule has 2 aromatic heterocycles. The van der Waals surface area contributed by atoms with E-state index in [2.05, 4.69) is 39.4 Å². The predicted octanol–water partition coefficient (Wildman–Crippen LogP) is 3.28. The Morgan fingerprint density at radius 1 is 1.25 bits per heavy atom. The van der Waals surface area contributed by atoms with Crippen molar-refractivity contribution in [2.75, 3.05) is 23.7 Å². The third-order valence-corrected chi connectivity index (χ3v) is 3.86. The summed E-state index contributed by atoms with van der Waals surface area (Å²) in [6, 6.07) is 1.96. The van der Waals surface area contributed by atoms with Gasteiger partial charge in [-0.05, 0) is 13.3 Å². The van der Waals surface area contributed by atoms with Crippen LogP contribution in [0.5, 0.6) is 0 Å². The molecule has 0 spiro atoms. The zero-order valence-corrected chi connectivity index (χ0v) is 13.0. The van der Waals surface area contributed by atoms with Crippen molar-refractivity contribution in [1.82, 2.24) is 15.0 Å². The lowest BCUT2D eigenvalue weighted by Crippen LogP contribution is -2.12. The Labute approximate surface area is 123 Å². The minimum Gasteiger partial charge on any atom is -0.370 e. The van der Waals surface area contributed by atoms with Gasteiger partial charge >= 0.3 is 0 Å². The van der Waals surface area contributed by atoms with Gasteiger partial charge in [0.2, 0.25) is 0 Å². The number of hydrogen-bond acceptors (Lipinski definition) is 6. The SMILES string of the molecule is CCCNc1cc(NCC(C)c2nccs2)nc(C)n1. The van der Waals surface area contributed by atoms with Crippen molar-refractivity contribution in [2.24, 2.45) is 0 Å². The van der Waals surface area contributed by atoms with Crippen molar-refractivity contribution in [3.05, 3.63) is 28.5 Å². The Morgan fingerprint density at radius 3 is 2.65 bits per heavy atom. The Balaban J connectivity index is 1.96. The maximum atomic E-state index is 4.42. The van der Waals surface area contributed by atoms with Crippen LogP contribution < -0.4 is 10.6 Å². The zero-order valence-electron chi connectivity index (χ0n) is 12.2. The lowest BCUT2D eigenvalue weighted by molar-refractivity contribution is 0.790. The topological polar surface area (TPSA) is 62.7 Å². The Hall–Kier alpha value is -1.69. The van der Waals surface area contributed by atoms with Crippen molar-refractivity contribution < 1.29 is 0 Å². The van der Waals surface area contributed by atoms with E-state index < -0.39 is 0 Å². The Kier molecular flexibility index (Phi) is 5.29. The number of anilines is 2. The summed E-state index contributed by atoms with van der Waals surface area (Å²) >= 11 is 1.69. The van der Waals surface area contributed by atoms with E-state index in [1.165, 1.54) is 0 Å². The zero-order chi connectivity index (χ0) is 14.4. The van der Waals surface area contributed by atoms with E-state index in [0.717, 1.165) is 42.0 Å². The van der Waals surface area contributed by atoms with Gasteiger partial charge in [0.25, 0.3) is 0 Å². The lowest BCUT2D eigenvalue weighted by atomic mass is 10.2. The highest BCUT2D eigenvalue weighted by atomic mass is 32.1. The number of aryl methyl sites for hydroxylation is 1. The van der Waals surface area contributed by atoms with Crippen LogP contribution in [0.4, 0.5) is 11.6 Å². The quantitative estimate of drug-likeness (QED) is 0.819. The second kappa shape index (κ2) is 7.19. The molecule has 2 heterocycles. The summed E-state index contributed by atoms with van der Waals surface area (Å²) in [5.41, 5.74) is 0. The molecule has 6 heteroatoms. The number of nitrogens with one attached hydrogen (secondary N) is 2. The first-order valence-corrected chi connectivity index (χ1v) is 7.79. The highest BCUT2D eigenvalue weighted by Crippen LogP contribution is 2.18. The lowest BCUT2D eigenvalue weighted by Gasteiger charge is -2.12. The van der Waals surface area contributed by atoms with Crippen LogP contribution in [0.15, 0.2) is 17.6 Å². The van der Waals surface area contributed by atoms with Crippen LogP contribution in [-0.4, -0.2) is 28.0 Å². The van der Waals surface area contributed by atoms with Gasteiger partial charge in [0.15, 0.2) is 0 Å². The van der Waals surface area contributed by atoms with E-state index in [4.69, 9.17) is 0 Å². The molecule has 0 saturated carbocycles. The molecule has 0 amide bonds. The second-order valence-corrected chi connectivity index (χ2v) is 5.69. The van der Waals surface area contributed by atoms with Gasteiger partial charge in [-0.25, -0.2) is 15.0 Å². The summed E-state index contributed by atoms with van der Waals surface area (Å²) in [5, 5.41) is 9.81. The van der Waals surface area contributed by atoms with Gasteiger partial charge in [-0.15, -0.1) is 11.3 Å². The average Bonchev–Trinajstić information content (AvgIpc) is 2.96. The number of aromatic nitrogens is 3. The molecule has 5 nitrogen and oxygen atoms in total. The molecule has 0 saturated heterocycles. The maximum absolute atomic E-state index is 4.42. The molecule has 1 unspecified atom stereocenters. The minimum atomic E-state index is 0.373. The first-order chi connectivity index (χ1) is 9.69. The third-order valence-electron chi connectivity index (χ3n) is 2.86. The molecule has 0 aromatic carbocycles. The molecule has 0 aliphatic carbocycles. The largest absolute Gasteiger partial charge is 0.370 e. The van der Waals surface area contributed by atoms with Gasteiger partial charge in [0, 0.05) is 36.7 Å². The molecule has 0 fully saturated rings. The van der Waals surface area contributed by atoms with Gasteiger partial charge < -0.3 is 10.6 Å². The summed E-state index contributed by atoms with van der Waals surface area (Å²) < 4.78 is 0. The van der Waals surface area contributed by atoms with Gasteiger partial charge in [-0.1, -0.05) is 13.8 Å². The van der Waals surface area contributed by atoms with Gasteiger partial charge in [0.05, 0.1) is 5.01 Å². The van der Waals surface area contributed by atoms with Crippen molar-refractivity contribution in [3.8, 4) is 0 Å². The molecule has 2 aromatic rings. The Bertz CT molecular complexity index is 526. The summed E-state index contributed by atoms with van der Waals surface area (Å²) in [6.45, 7) is 7.95. The third kappa shape index (κ3) is 4.16. The van der Waals surface area contributed by atoms with Crippen molar-refractivity contribution in [1.29, 1.82) is 0 Å². The first kappa shape index (κ1) is 14.7. The van der Waals surface area contributed by atoms with E-state index in [9.17, 15) is 0 Å². The molecule has 20 heavy (non-hydrogen) atoms. The number of rotatable bonds is 7. The molecule has 0 aliphatic rings. The standard InChI is InChI=1S/C14H21N5S/c1-4-5-15-12-8-13(19-11(3)18-12)17-9-10(2)14-16-6-7-20-14/h6-8,10H,4-5,9H2,1-3H3,(H2,15,17,18,19). The fourth-order valence-electron chi connectivity index (χ4n) is 1.82. The van der Waals surface area contributed by atoms with Crippen LogP contribution in [0.3, 0.4) is 0 Å². The molecule has 0 bridgehead atoms. The smallest absolute Gasteiger partial charge is 0.131 e. The van der Waals surface area contributed by atoms with Crippen LogP contribution in [0, 0.1) is 6.92 Å². The van der Waals surface area contributed by atoms with Gasteiger partial charge in [0.1, 0.15) is 17.5 Å². The van der Waals surface area contributed by atoms with E-state index in [0.29, 0.717) is 5.92 Å².